The van der Waals surface area contributed by atoms with Crippen LogP contribution in [0.25, 0.3) is 0 Å². The van der Waals surface area contributed by atoms with Crippen molar-refractivity contribution >= 4 is 46.0 Å². The van der Waals surface area contributed by atoms with E-state index in [0.29, 0.717) is 9.88 Å². The maximum Gasteiger partial charge on any atom is 0.269 e. The molecule has 2 rings (SSSR count). The van der Waals surface area contributed by atoms with E-state index in [1.807, 2.05) is 0 Å². The molecule has 8 heteroatoms. The minimum Gasteiger partial charge on any atom is -0.287 e. The molecule has 0 bridgehead atoms. The molecular weight excluding hydrogens is 298 g/mol. The third kappa shape index (κ3) is 3.55. The molecule has 1 aliphatic rings. The van der Waals surface area contributed by atoms with E-state index in [9.17, 15) is 14.4 Å². The number of nitrogens with one attached hydrogen (secondary N) is 2. The first-order chi connectivity index (χ1) is 9.58. The summed E-state index contributed by atoms with van der Waals surface area (Å²) in [5.74, 6) is -0.886. The average molecular weight is 309 g/mol. The molecule has 1 fully saturated rings. The number of nitrogens with zero attached hydrogens (tertiary/aromatic N) is 1. The van der Waals surface area contributed by atoms with E-state index in [0.717, 1.165) is 0 Å². The van der Waals surface area contributed by atoms with Crippen LogP contribution in [0.3, 0.4) is 0 Å². The zero-order chi connectivity index (χ0) is 14.5. The summed E-state index contributed by atoms with van der Waals surface area (Å²) in [7, 11) is 0. The number of benzene rings is 1. The van der Waals surface area contributed by atoms with Crippen molar-refractivity contribution in [2.45, 2.75) is 0 Å². The predicted molar refractivity (Wildman–Crippen MR) is 78.8 cm³/mol. The molecule has 0 saturated carbocycles. The standard InChI is InChI=1S/C12H11N3O3S2/c16-9(6-15-10(17)7-20-12(15)19)13-14-11(18)8-4-2-1-3-5-8/h1-5H,6-7H2,(H,13,16)(H,14,18). The second-order valence-corrected chi connectivity index (χ2v) is 5.51. The number of rotatable bonds is 3. The summed E-state index contributed by atoms with van der Waals surface area (Å²) in [5.41, 5.74) is 4.95. The first-order valence-electron chi connectivity index (χ1n) is 5.69. The van der Waals surface area contributed by atoms with Crippen molar-refractivity contribution in [2.75, 3.05) is 12.3 Å². The molecule has 1 saturated heterocycles. The number of amides is 3. The van der Waals surface area contributed by atoms with Crippen LogP contribution in [0.1, 0.15) is 10.4 Å². The molecule has 0 atom stereocenters. The van der Waals surface area contributed by atoms with Gasteiger partial charge in [0, 0.05) is 5.56 Å². The molecule has 0 spiro atoms. The lowest BCUT2D eigenvalue weighted by Crippen LogP contribution is -2.47. The maximum absolute atomic E-state index is 11.7. The Morgan fingerprint density at radius 2 is 1.95 bits per heavy atom. The van der Waals surface area contributed by atoms with Crippen molar-refractivity contribution in [3.63, 3.8) is 0 Å². The van der Waals surface area contributed by atoms with Crippen molar-refractivity contribution in [3.8, 4) is 0 Å². The summed E-state index contributed by atoms with van der Waals surface area (Å²) in [6.45, 7) is -0.195. The summed E-state index contributed by atoms with van der Waals surface area (Å²) in [4.78, 5) is 36.0. The van der Waals surface area contributed by atoms with Crippen molar-refractivity contribution < 1.29 is 14.4 Å². The van der Waals surface area contributed by atoms with Gasteiger partial charge in [0.15, 0.2) is 0 Å². The van der Waals surface area contributed by atoms with Gasteiger partial charge in [-0.1, -0.05) is 42.2 Å². The second kappa shape index (κ2) is 6.49. The van der Waals surface area contributed by atoms with Crippen LogP contribution in [-0.4, -0.2) is 39.2 Å². The Balaban J connectivity index is 1.82. The molecule has 20 heavy (non-hydrogen) atoms. The van der Waals surface area contributed by atoms with Gasteiger partial charge < -0.3 is 0 Å². The van der Waals surface area contributed by atoms with Gasteiger partial charge in [-0.3, -0.25) is 30.1 Å². The van der Waals surface area contributed by atoms with Crippen LogP contribution in [-0.2, 0) is 9.59 Å². The van der Waals surface area contributed by atoms with Gasteiger partial charge in [-0.05, 0) is 12.1 Å². The Labute approximate surface area is 124 Å². The lowest BCUT2D eigenvalue weighted by atomic mass is 10.2. The van der Waals surface area contributed by atoms with Crippen LogP contribution < -0.4 is 10.9 Å². The van der Waals surface area contributed by atoms with E-state index < -0.39 is 11.8 Å². The number of carbonyl (C=O) groups is 3. The fraction of sp³-hybridized carbons (Fsp3) is 0.167. The fourth-order valence-electron chi connectivity index (χ4n) is 1.51. The number of carbonyl (C=O) groups excluding carboxylic acids is 3. The first-order valence-corrected chi connectivity index (χ1v) is 7.08. The number of thioether (sulfide) groups is 1. The summed E-state index contributed by atoms with van der Waals surface area (Å²) < 4.78 is 0.375. The minimum absolute atomic E-state index is 0.195. The van der Waals surface area contributed by atoms with Gasteiger partial charge in [0.25, 0.3) is 11.8 Å². The summed E-state index contributed by atoms with van der Waals surface area (Å²) >= 11 is 6.17. The van der Waals surface area contributed by atoms with Crippen molar-refractivity contribution in [2.24, 2.45) is 0 Å². The first kappa shape index (κ1) is 14.5. The Kier molecular flexibility index (Phi) is 4.70. The minimum atomic E-state index is -0.507. The largest absolute Gasteiger partial charge is 0.287 e. The molecule has 2 N–H and O–H groups in total. The Hall–Kier alpha value is -1.93. The average Bonchev–Trinajstić information content (AvgIpc) is 2.77. The van der Waals surface area contributed by atoms with Gasteiger partial charge in [0.05, 0.1) is 5.75 Å². The molecule has 3 amide bonds. The van der Waals surface area contributed by atoms with Gasteiger partial charge >= 0.3 is 0 Å². The van der Waals surface area contributed by atoms with E-state index in [-0.39, 0.29) is 18.2 Å². The highest BCUT2D eigenvalue weighted by Gasteiger charge is 2.28. The van der Waals surface area contributed by atoms with Crippen LogP contribution in [0.2, 0.25) is 0 Å². The van der Waals surface area contributed by atoms with Crippen molar-refractivity contribution in [3.05, 3.63) is 35.9 Å². The SMILES string of the molecule is O=C(CN1C(=O)CSC1=S)NNC(=O)c1ccccc1. The molecule has 6 nitrogen and oxygen atoms in total. The van der Waals surface area contributed by atoms with E-state index in [1.165, 1.54) is 16.7 Å². The lowest BCUT2D eigenvalue weighted by Gasteiger charge is -2.14. The Morgan fingerprint density at radius 1 is 1.25 bits per heavy atom. The van der Waals surface area contributed by atoms with Crippen molar-refractivity contribution in [1.29, 1.82) is 0 Å². The molecule has 104 valence electrons. The van der Waals surface area contributed by atoms with E-state index in [4.69, 9.17) is 12.2 Å². The molecule has 1 aromatic carbocycles. The van der Waals surface area contributed by atoms with E-state index in [1.54, 1.807) is 30.3 Å². The molecule has 0 unspecified atom stereocenters. The van der Waals surface area contributed by atoms with Gasteiger partial charge in [-0.2, -0.15) is 0 Å². The topological polar surface area (TPSA) is 78.5 Å². The molecule has 1 aromatic rings. The number of hydrazine groups is 1. The predicted octanol–water partition coefficient (Wildman–Crippen LogP) is 0.308. The second-order valence-electron chi connectivity index (χ2n) is 3.90. The van der Waals surface area contributed by atoms with Crippen LogP contribution in [0, 0.1) is 0 Å². The molecule has 0 aliphatic carbocycles. The summed E-state index contributed by atoms with van der Waals surface area (Å²) in [6.07, 6.45) is 0. The third-order valence-electron chi connectivity index (χ3n) is 2.49. The van der Waals surface area contributed by atoms with E-state index in [2.05, 4.69) is 10.9 Å². The van der Waals surface area contributed by atoms with Crippen molar-refractivity contribution in [1.82, 2.24) is 15.8 Å². The van der Waals surface area contributed by atoms with Gasteiger partial charge in [-0.25, -0.2) is 0 Å². The molecule has 1 heterocycles. The fourth-order valence-corrected chi connectivity index (χ4v) is 2.57. The number of hydrogen-bond donors (Lipinski definition) is 2. The highest BCUT2D eigenvalue weighted by molar-refractivity contribution is 8.23. The highest BCUT2D eigenvalue weighted by Crippen LogP contribution is 2.18. The quantitative estimate of drug-likeness (QED) is 0.620. The Bertz CT molecular complexity index is 546. The Morgan fingerprint density at radius 3 is 2.55 bits per heavy atom. The summed E-state index contributed by atoms with van der Waals surface area (Å²) in [6, 6.07) is 8.46. The zero-order valence-corrected chi connectivity index (χ0v) is 11.9. The third-order valence-corrected chi connectivity index (χ3v) is 3.93. The molecule has 0 aromatic heterocycles. The molecule has 0 radical (unpaired) electrons. The van der Waals surface area contributed by atoms with E-state index >= 15 is 0 Å². The number of hydrogen-bond acceptors (Lipinski definition) is 5. The zero-order valence-electron chi connectivity index (χ0n) is 10.3. The summed E-state index contributed by atoms with van der Waals surface area (Å²) in [5, 5.41) is 0. The maximum atomic E-state index is 11.7. The monoisotopic (exact) mass is 309 g/mol. The lowest BCUT2D eigenvalue weighted by molar-refractivity contribution is -0.130. The molecule has 1 aliphatic heterocycles. The van der Waals surface area contributed by atoms with Crippen LogP contribution >= 0.6 is 24.0 Å². The van der Waals surface area contributed by atoms with Crippen LogP contribution in [0.4, 0.5) is 0 Å². The smallest absolute Gasteiger partial charge is 0.269 e. The van der Waals surface area contributed by atoms with Gasteiger partial charge in [-0.15, -0.1) is 0 Å². The van der Waals surface area contributed by atoms with Gasteiger partial charge in [0.2, 0.25) is 5.91 Å². The number of thiocarbonyl (C=S) groups is 1. The highest BCUT2D eigenvalue weighted by atomic mass is 32.2. The molecular formula is C12H11N3O3S2. The normalized spacial score (nSPS) is 14.3. The van der Waals surface area contributed by atoms with Crippen LogP contribution in [0.5, 0.6) is 0 Å². The van der Waals surface area contributed by atoms with Gasteiger partial charge in [0.1, 0.15) is 10.9 Å². The van der Waals surface area contributed by atoms with Crippen LogP contribution in [0.15, 0.2) is 30.3 Å².